The molecule has 4 atom stereocenters. The number of imide groups is 1. The van der Waals surface area contributed by atoms with E-state index in [1.54, 1.807) is 0 Å². The number of fused-ring (bicyclic) bond motifs is 1. The molecule has 1 heterocycles. The Morgan fingerprint density at radius 1 is 1.15 bits per heavy atom. The van der Waals surface area contributed by atoms with E-state index in [2.05, 4.69) is 0 Å². The fraction of sp³-hybridized carbons (Fsp3) is 0.389. The summed E-state index contributed by atoms with van der Waals surface area (Å²) < 4.78 is 4.84. The summed E-state index contributed by atoms with van der Waals surface area (Å²) in [5.41, 5.74) is -0.328. The number of benzene rings is 1. The van der Waals surface area contributed by atoms with Crippen molar-refractivity contribution >= 4 is 29.2 Å². The molecule has 134 valence electrons. The van der Waals surface area contributed by atoms with Crippen molar-refractivity contribution in [2.45, 2.75) is 19.8 Å². The number of nitro groups is 1. The number of amides is 2. The molecule has 8 nitrogen and oxygen atoms in total. The number of anilines is 1. The smallest absolute Gasteiger partial charge is 0.313 e. The monoisotopic (exact) mass is 356 g/mol. The van der Waals surface area contributed by atoms with Gasteiger partial charge in [-0.2, -0.15) is 0 Å². The first-order chi connectivity index (χ1) is 12.4. The first-order valence-corrected chi connectivity index (χ1v) is 8.41. The highest BCUT2D eigenvalue weighted by molar-refractivity contribution is 6.22. The summed E-state index contributed by atoms with van der Waals surface area (Å²) in [6.07, 6.45) is 5.77. The maximum Gasteiger partial charge on any atom is 0.313 e. The largest absolute Gasteiger partial charge is 0.419 e. The van der Waals surface area contributed by atoms with Gasteiger partial charge in [-0.15, -0.1) is 0 Å². The molecule has 1 saturated carbocycles. The van der Waals surface area contributed by atoms with E-state index in [1.807, 2.05) is 12.2 Å². The van der Waals surface area contributed by atoms with E-state index in [4.69, 9.17) is 4.74 Å². The van der Waals surface area contributed by atoms with Crippen LogP contribution < -0.4 is 9.64 Å². The summed E-state index contributed by atoms with van der Waals surface area (Å²) in [4.78, 5) is 48.6. The van der Waals surface area contributed by atoms with Gasteiger partial charge in [-0.1, -0.05) is 12.2 Å². The van der Waals surface area contributed by atoms with Crippen molar-refractivity contribution in [2.24, 2.45) is 23.7 Å². The van der Waals surface area contributed by atoms with E-state index < -0.39 is 28.4 Å². The Bertz CT molecular complexity index is 844. The summed E-state index contributed by atoms with van der Waals surface area (Å²) in [6.45, 7) is 1.14. The topological polar surface area (TPSA) is 107 Å². The number of ether oxygens (including phenoxy) is 1. The molecule has 0 radical (unpaired) electrons. The van der Waals surface area contributed by atoms with Crippen molar-refractivity contribution in [1.29, 1.82) is 0 Å². The summed E-state index contributed by atoms with van der Waals surface area (Å²) in [5, 5.41) is 11.3. The van der Waals surface area contributed by atoms with Crippen LogP contribution in [-0.2, 0) is 14.4 Å². The summed E-state index contributed by atoms with van der Waals surface area (Å²) in [6, 6.07) is 3.75. The Morgan fingerprint density at radius 3 is 2.19 bits per heavy atom. The highest BCUT2D eigenvalue weighted by atomic mass is 16.6. The van der Waals surface area contributed by atoms with Gasteiger partial charge in [-0.25, -0.2) is 4.90 Å². The molecule has 2 bridgehead atoms. The number of carbonyl (C=O) groups is 3. The van der Waals surface area contributed by atoms with E-state index in [1.165, 1.54) is 12.1 Å². The van der Waals surface area contributed by atoms with E-state index in [-0.39, 0.29) is 35.1 Å². The first-order valence-electron chi connectivity index (χ1n) is 8.41. The number of allylic oxidation sites excluding steroid dienone is 2. The zero-order valence-corrected chi connectivity index (χ0v) is 14.0. The Balaban J connectivity index is 1.73. The van der Waals surface area contributed by atoms with Gasteiger partial charge in [0.25, 0.3) is 0 Å². The van der Waals surface area contributed by atoms with Gasteiger partial charge in [0.1, 0.15) is 0 Å². The quantitative estimate of drug-likeness (QED) is 0.205. The van der Waals surface area contributed by atoms with Gasteiger partial charge in [0.15, 0.2) is 0 Å². The Hall–Kier alpha value is -3.03. The lowest BCUT2D eigenvalue weighted by atomic mass is 9.63. The summed E-state index contributed by atoms with van der Waals surface area (Å²) in [7, 11) is 0. The average molecular weight is 356 g/mol. The lowest BCUT2D eigenvalue weighted by Gasteiger charge is -2.38. The van der Waals surface area contributed by atoms with Crippen LogP contribution in [0.5, 0.6) is 5.75 Å². The van der Waals surface area contributed by atoms with Gasteiger partial charge in [-0.3, -0.25) is 24.5 Å². The fourth-order valence-electron chi connectivity index (χ4n) is 4.36. The molecule has 2 fully saturated rings. The third kappa shape index (κ3) is 2.33. The molecule has 0 spiro atoms. The molecule has 26 heavy (non-hydrogen) atoms. The van der Waals surface area contributed by atoms with Crippen molar-refractivity contribution in [3.8, 4) is 5.75 Å². The fourth-order valence-corrected chi connectivity index (χ4v) is 4.36. The molecule has 1 aliphatic heterocycles. The third-order valence-corrected chi connectivity index (χ3v) is 5.41. The summed E-state index contributed by atoms with van der Waals surface area (Å²) >= 11 is 0. The first kappa shape index (κ1) is 16.4. The normalized spacial score (nSPS) is 29.0. The zero-order valence-electron chi connectivity index (χ0n) is 14.0. The molecule has 4 aliphatic rings. The molecule has 1 aromatic carbocycles. The number of esters is 1. The summed E-state index contributed by atoms with van der Waals surface area (Å²) in [5.74, 6) is -2.23. The average Bonchev–Trinajstić information content (AvgIpc) is 2.89. The van der Waals surface area contributed by atoms with Crippen LogP contribution in [0.1, 0.15) is 19.8 Å². The molecule has 0 aromatic heterocycles. The molecular formula is C18H16N2O6. The van der Waals surface area contributed by atoms with Crippen LogP contribution in [0.25, 0.3) is 0 Å². The van der Waals surface area contributed by atoms with Crippen LogP contribution in [0.2, 0.25) is 0 Å². The van der Waals surface area contributed by atoms with Gasteiger partial charge >= 0.3 is 11.7 Å². The zero-order chi connectivity index (χ0) is 18.6. The van der Waals surface area contributed by atoms with Crippen LogP contribution >= 0.6 is 0 Å². The van der Waals surface area contributed by atoms with Crippen LogP contribution in [0.4, 0.5) is 11.4 Å². The minimum Gasteiger partial charge on any atom is -0.419 e. The maximum absolute atomic E-state index is 12.9. The Labute approximate surface area is 148 Å². The minimum absolute atomic E-state index is 0.0433. The second-order valence-electron chi connectivity index (χ2n) is 6.86. The van der Waals surface area contributed by atoms with E-state index >= 15 is 0 Å². The highest BCUT2D eigenvalue weighted by Crippen LogP contribution is 2.50. The third-order valence-electron chi connectivity index (χ3n) is 5.41. The number of rotatable bonds is 3. The Morgan fingerprint density at radius 2 is 1.73 bits per heavy atom. The van der Waals surface area contributed by atoms with Crippen molar-refractivity contribution in [2.75, 3.05) is 4.90 Å². The van der Waals surface area contributed by atoms with Gasteiger partial charge in [0.05, 0.1) is 22.4 Å². The molecule has 5 rings (SSSR count). The van der Waals surface area contributed by atoms with Crippen LogP contribution in [0.3, 0.4) is 0 Å². The highest BCUT2D eigenvalue weighted by Gasteiger charge is 2.57. The molecule has 1 saturated heterocycles. The number of carbonyl (C=O) groups excluding carboxylic acids is 3. The van der Waals surface area contributed by atoms with Gasteiger partial charge in [0, 0.05) is 13.0 Å². The van der Waals surface area contributed by atoms with Crippen LogP contribution in [0.15, 0.2) is 30.4 Å². The number of nitro benzene ring substituents is 1. The maximum atomic E-state index is 12.9. The molecule has 1 aromatic rings. The molecule has 0 N–H and O–H groups in total. The van der Waals surface area contributed by atoms with E-state index in [0.717, 1.165) is 30.7 Å². The van der Waals surface area contributed by atoms with Gasteiger partial charge < -0.3 is 4.74 Å². The molecular weight excluding hydrogens is 340 g/mol. The second-order valence-corrected chi connectivity index (χ2v) is 6.86. The number of nitrogens with zero attached hydrogens (tertiary/aromatic N) is 2. The van der Waals surface area contributed by atoms with E-state index in [9.17, 15) is 24.5 Å². The second kappa shape index (κ2) is 5.76. The predicted octanol–water partition coefficient (Wildman–Crippen LogP) is 2.22. The SMILES string of the molecule is CC(=O)Oc1ccc(N2C(=O)[C@@H]3[C@H](C2=O)[C@@H]2C=C[C@@H]3CC2)cc1[N+](=O)[O-]. The van der Waals surface area contributed by atoms with Gasteiger partial charge in [-0.05, 0) is 36.8 Å². The molecule has 0 unspecified atom stereocenters. The van der Waals surface area contributed by atoms with Crippen molar-refractivity contribution in [3.05, 3.63) is 40.5 Å². The lowest BCUT2D eigenvalue weighted by Crippen LogP contribution is -2.38. The van der Waals surface area contributed by atoms with Crippen LogP contribution in [-0.4, -0.2) is 22.7 Å². The van der Waals surface area contributed by atoms with Crippen molar-refractivity contribution < 1.29 is 24.0 Å². The van der Waals surface area contributed by atoms with Crippen molar-refractivity contribution in [3.63, 3.8) is 0 Å². The Kier molecular flexibility index (Phi) is 3.64. The van der Waals surface area contributed by atoms with Crippen molar-refractivity contribution in [1.82, 2.24) is 0 Å². The molecule has 2 amide bonds. The van der Waals surface area contributed by atoms with E-state index in [0.29, 0.717) is 0 Å². The van der Waals surface area contributed by atoms with Gasteiger partial charge in [0.2, 0.25) is 17.6 Å². The molecule has 8 heteroatoms. The van der Waals surface area contributed by atoms with Crippen LogP contribution in [0, 0.1) is 33.8 Å². The lowest BCUT2D eigenvalue weighted by molar-refractivity contribution is -0.385. The molecule has 3 aliphatic carbocycles. The predicted molar refractivity (Wildman–Crippen MR) is 89.2 cm³/mol. The number of hydrogen-bond donors (Lipinski definition) is 0. The standard InChI is InChI=1S/C18H16N2O6/c1-9(21)26-14-7-6-12(8-13(14)20(24)25)19-17(22)15-10-2-3-11(5-4-10)16(15)18(19)23/h2-3,6-8,10-11,15-16H,4-5H2,1H3/t10-,11-,15-,16+/m1/s1. The minimum atomic E-state index is -0.703. The number of hydrogen-bond acceptors (Lipinski definition) is 6.